The zero-order valence-electron chi connectivity index (χ0n) is 17.1. The van der Waals surface area contributed by atoms with Gasteiger partial charge in [0.15, 0.2) is 0 Å². The highest BCUT2D eigenvalue weighted by Gasteiger charge is 2.35. The average Bonchev–Trinajstić information content (AvgIpc) is 2.50. The molecule has 1 aromatic carbocycles. The van der Waals surface area contributed by atoms with E-state index < -0.39 is 46.1 Å². The Labute approximate surface area is 168 Å². The Morgan fingerprint density at radius 3 is 1.14 bits per heavy atom. The van der Waals surface area contributed by atoms with Gasteiger partial charge in [-0.15, -0.1) is 0 Å². The van der Waals surface area contributed by atoms with Crippen LogP contribution in [0.25, 0.3) is 0 Å². The molecular weight excluding hydrogens is 382 g/mol. The van der Waals surface area contributed by atoms with Crippen LogP contribution >= 0.6 is 0 Å². The summed E-state index contributed by atoms with van der Waals surface area (Å²) in [5.41, 5.74) is -2.48. The van der Waals surface area contributed by atoms with Crippen molar-refractivity contribution < 1.29 is 39.6 Å². The van der Waals surface area contributed by atoms with Crippen LogP contribution in [0.5, 0.6) is 0 Å². The molecule has 1 aliphatic heterocycles. The third-order valence-electron chi connectivity index (χ3n) is 4.47. The molecule has 1 fully saturated rings. The first-order valence-corrected chi connectivity index (χ1v) is 8.97. The lowest BCUT2D eigenvalue weighted by molar-refractivity contribution is 0.0637. The number of carboxylic acids is 4. The van der Waals surface area contributed by atoms with Crippen LogP contribution in [-0.4, -0.2) is 55.4 Å². The average molecular weight is 409 g/mol. The van der Waals surface area contributed by atoms with Crippen LogP contribution in [0.2, 0.25) is 0 Å². The summed E-state index contributed by atoms with van der Waals surface area (Å²) < 4.78 is 0. The van der Waals surface area contributed by atoms with E-state index in [0.29, 0.717) is 23.2 Å². The number of hydrogen-bond acceptors (Lipinski definition) is 5. The highest BCUT2D eigenvalue weighted by Crippen LogP contribution is 2.32. The van der Waals surface area contributed by atoms with Gasteiger partial charge in [-0.05, 0) is 58.6 Å². The molecule has 0 aliphatic carbocycles. The normalized spacial score (nSPS) is 17.6. The number of nitrogens with one attached hydrogen (secondary N) is 1. The van der Waals surface area contributed by atoms with Crippen molar-refractivity contribution in [2.75, 3.05) is 0 Å². The molecular formula is C20H27NO8. The van der Waals surface area contributed by atoms with E-state index in [4.69, 9.17) is 20.4 Å². The van der Waals surface area contributed by atoms with E-state index in [1.165, 1.54) is 12.8 Å². The third-order valence-corrected chi connectivity index (χ3v) is 4.47. The molecule has 0 saturated carbocycles. The van der Waals surface area contributed by atoms with Crippen LogP contribution in [-0.2, 0) is 0 Å². The van der Waals surface area contributed by atoms with Crippen LogP contribution in [0.1, 0.15) is 88.9 Å². The standard InChI is InChI=1S/C10H21N.C10H6O8/c1-8-6-9(2,3)11-10(4,5)7-8;11-7(12)3-1-4(8(13)14)6(10(17)18)2-5(3)9(15)16/h8,11H,6-7H2,1-5H3;1-2H,(H,11,12)(H,13,14)(H,15,16)(H,17,18). The van der Waals surface area contributed by atoms with Gasteiger partial charge in [0.25, 0.3) is 0 Å². The second kappa shape index (κ2) is 8.60. The minimum absolute atomic E-state index is 0.334. The molecule has 9 nitrogen and oxygen atoms in total. The highest BCUT2D eigenvalue weighted by atomic mass is 16.4. The molecule has 1 aromatic rings. The molecule has 0 spiro atoms. The second-order valence-corrected chi connectivity index (χ2v) is 8.57. The van der Waals surface area contributed by atoms with Crippen LogP contribution in [0.15, 0.2) is 12.1 Å². The van der Waals surface area contributed by atoms with Crippen molar-refractivity contribution in [3.05, 3.63) is 34.4 Å². The topological polar surface area (TPSA) is 161 Å². The Hall–Kier alpha value is -2.94. The van der Waals surface area contributed by atoms with Crippen molar-refractivity contribution in [3.8, 4) is 0 Å². The summed E-state index contributed by atoms with van der Waals surface area (Å²) >= 11 is 0. The first kappa shape index (κ1) is 24.1. The Morgan fingerprint density at radius 1 is 0.724 bits per heavy atom. The Bertz CT molecular complexity index is 727. The van der Waals surface area contributed by atoms with Crippen LogP contribution in [0.4, 0.5) is 0 Å². The third kappa shape index (κ3) is 6.56. The first-order chi connectivity index (χ1) is 13.1. The molecule has 0 aromatic heterocycles. The van der Waals surface area contributed by atoms with Gasteiger partial charge in [-0.1, -0.05) is 6.92 Å². The Kier molecular flexibility index (Phi) is 7.15. The van der Waals surface area contributed by atoms with E-state index >= 15 is 0 Å². The molecule has 5 N–H and O–H groups in total. The van der Waals surface area contributed by atoms with Gasteiger partial charge >= 0.3 is 23.9 Å². The van der Waals surface area contributed by atoms with Gasteiger partial charge in [0, 0.05) is 11.1 Å². The zero-order chi connectivity index (χ0) is 22.7. The maximum Gasteiger partial charge on any atom is 0.336 e. The summed E-state index contributed by atoms with van der Waals surface area (Å²) in [4.78, 5) is 43.1. The van der Waals surface area contributed by atoms with E-state index in [2.05, 4.69) is 39.9 Å². The summed E-state index contributed by atoms with van der Waals surface area (Å²) in [6.45, 7) is 11.5. The van der Waals surface area contributed by atoms with Gasteiger partial charge in [-0.25, -0.2) is 19.2 Å². The number of aromatic carboxylic acids is 4. The Balaban J connectivity index is 0.000000326. The molecule has 0 atom stereocenters. The maximum atomic E-state index is 10.8. The van der Waals surface area contributed by atoms with Crippen molar-refractivity contribution in [3.63, 3.8) is 0 Å². The van der Waals surface area contributed by atoms with Crippen molar-refractivity contribution in [1.29, 1.82) is 0 Å². The van der Waals surface area contributed by atoms with E-state index in [9.17, 15) is 19.2 Å². The molecule has 1 heterocycles. The lowest BCUT2D eigenvalue weighted by atomic mass is 9.77. The van der Waals surface area contributed by atoms with Gasteiger partial charge in [0.2, 0.25) is 0 Å². The van der Waals surface area contributed by atoms with Gasteiger partial charge < -0.3 is 25.7 Å². The summed E-state index contributed by atoms with van der Waals surface area (Å²) in [6.07, 6.45) is 2.60. The predicted molar refractivity (Wildman–Crippen MR) is 104 cm³/mol. The van der Waals surface area contributed by atoms with E-state index in [1.807, 2.05) is 0 Å². The fraction of sp³-hybridized carbons (Fsp3) is 0.500. The van der Waals surface area contributed by atoms with Crippen LogP contribution in [0, 0.1) is 5.92 Å². The largest absolute Gasteiger partial charge is 0.478 e. The van der Waals surface area contributed by atoms with Gasteiger partial charge in [0.1, 0.15) is 0 Å². The fourth-order valence-electron chi connectivity index (χ4n) is 4.14. The molecule has 0 amide bonds. The minimum atomic E-state index is -1.66. The molecule has 160 valence electrons. The van der Waals surface area contributed by atoms with E-state index in [0.717, 1.165) is 5.92 Å². The smallest absolute Gasteiger partial charge is 0.336 e. The summed E-state index contributed by atoms with van der Waals surface area (Å²) in [7, 11) is 0. The molecule has 29 heavy (non-hydrogen) atoms. The van der Waals surface area contributed by atoms with E-state index in [-0.39, 0.29) is 0 Å². The number of piperidine rings is 1. The first-order valence-electron chi connectivity index (χ1n) is 8.97. The number of carboxylic acid groups (broad SMARTS) is 4. The second-order valence-electron chi connectivity index (χ2n) is 8.57. The lowest BCUT2D eigenvalue weighted by Crippen LogP contribution is -2.57. The van der Waals surface area contributed by atoms with Crippen LogP contribution in [0.3, 0.4) is 0 Å². The predicted octanol–water partition coefficient (Wildman–Crippen LogP) is 3.04. The lowest BCUT2D eigenvalue weighted by Gasteiger charge is -2.45. The number of rotatable bonds is 4. The van der Waals surface area contributed by atoms with Crippen molar-refractivity contribution in [2.24, 2.45) is 5.92 Å². The van der Waals surface area contributed by atoms with Crippen LogP contribution < -0.4 is 5.32 Å². The number of hydrogen-bond donors (Lipinski definition) is 5. The van der Waals surface area contributed by atoms with Gasteiger partial charge in [-0.3, -0.25) is 0 Å². The van der Waals surface area contributed by atoms with Gasteiger partial charge in [0.05, 0.1) is 22.3 Å². The molecule has 0 radical (unpaired) electrons. The van der Waals surface area contributed by atoms with Crippen molar-refractivity contribution >= 4 is 23.9 Å². The minimum Gasteiger partial charge on any atom is -0.478 e. The number of carbonyl (C=O) groups is 4. The quantitative estimate of drug-likeness (QED) is 0.503. The number of benzene rings is 1. The SMILES string of the molecule is CC1CC(C)(C)NC(C)(C)C1.O=C(O)c1cc(C(=O)O)c(C(=O)O)cc1C(=O)O. The molecule has 1 aliphatic rings. The Morgan fingerprint density at radius 2 is 0.966 bits per heavy atom. The van der Waals surface area contributed by atoms with Crippen molar-refractivity contribution in [1.82, 2.24) is 5.32 Å². The highest BCUT2D eigenvalue weighted by molar-refractivity contribution is 6.09. The molecule has 0 bridgehead atoms. The summed E-state index contributed by atoms with van der Waals surface area (Å²) in [6, 6.07) is 1.02. The molecule has 9 heteroatoms. The fourth-order valence-corrected chi connectivity index (χ4v) is 4.14. The molecule has 1 saturated heterocycles. The van der Waals surface area contributed by atoms with Gasteiger partial charge in [-0.2, -0.15) is 0 Å². The summed E-state index contributed by atoms with van der Waals surface area (Å²) in [5.74, 6) is -5.78. The molecule has 2 rings (SSSR count). The summed E-state index contributed by atoms with van der Waals surface area (Å²) in [5, 5.41) is 38.6. The zero-order valence-corrected chi connectivity index (χ0v) is 17.1. The van der Waals surface area contributed by atoms with Crippen molar-refractivity contribution in [2.45, 2.75) is 58.5 Å². The van der Waals surface area contributed by atoms with E-state index in [1.54, 1.807) is 0 Å². The monoisotopic (exact) mass is 409 g/mol. The molecule has 0 unspecified atom stereocenters. The maximum absolute atomic E-state index is 10.8.